The SMILES string of the molecule is CN1Cc2cc(C(=O)/C=C/C(=O)O)ccc2NC1=O. The minimum absolute atomic E-state index is 0.197. The molecule has 1 heterocycles. The van der Waals surface area contributed by atoms with E-state index in [4.69, 9.17) is 5.11 Å². The van der Waals surface area contributed by atoms with Gasteiger partial charge in [-0.15, -0.1) is 0 Å². The molecule has 0 unspecified atom stereocenters. The van der Waals surface area contributed by atoms with Crippen molar-refractivity contribution in [1.29, 1.82) is 0 Å². The van der Waals surface area contributed by atoms with Gasteiger partial charge >= 0.3 is 12.0 Å². The number of nitrogens with zero attached hydrogens (tertiary/aromatic N) is 1. The number of carboxylic acids is 1. The molecule has 0 atom stereocenters. The Labute approximate surface area is 109 Å². The Hall–Kier alpha value is -2.63. The summed E-state index contributed by atoms with van der Waals surface area (Å²) in [6.45, 7) is 0.408. The second kappa shape index (κ2) is 4.93. The molecule has 1 aliphatic heterocycles. The number of hydrogen-bond acceptors (Lipinski definition) is 3. The van der Waals surface area contributed by atoms with E-state index in [1.165, 1.54) is 4.90 Å². The highest BCUT2D eigenvalue weighted by Gasteiger charge is 2.19. The van der Waals surface area contributed by atoms with Crippen LogP contribution < -0.4 is 5.32 Å². The van der Waals surface area contributed by atoms with E-state index < -0.39 is 5.97 Å². The molecule has 0 bridgehead atoms. The lowest BCUT2D eigenvalue weighted by molar-refractivity contribution is -0.131. The maximum Gasteiger partial charge on any atom is 0.328 e. The second-order valence-corrected chi connectivity index (χ2v) is 4.19. The van der Waals surface area contributed by atoms with Crippen molar-refractivity contribution < 1.29 is 19.5 Å². The maximum absolute atomic E-state index is 11.7. The summed E-state index contributed by atoms with van der Waals surface area (Å²) >= 11 is 0. The fraction of sp³-hybridized carbons (Fsp3) is 0.154. The largest absolute Gasteiger partial charge is 0.478 e. The normalized spacial score (nSPS) is 14.2. The average molecular weight is 260 g/mol. The van der Waals surface area contributed by atoms with Crippen LogP contribution in [0.1, 0.15) is 15.9 Å². The van der Waals surface area contributed by atoms with E-state index >= 15 is 0 Å². The molecule has 6 nitrogen and oxygen atoms in total. The number of carbonyl (C=O) groups excluding carboxylic acids is 2. The lowest BCUT2D eigenvalue weighted by Gasteiger charge is -2.26. The standard InChI is InChI=1S/C13H12N2O4/c1-15-7-9-6-8(11(16)4-5-12(17)18)2-3-10(9)14-13(15)19/h2-6H,7H2,1H3,(H,14,19)(H,17,18)/b5-4+. The minimum atomic E-state index is -1.17. The summed E-state index contributed by atoms with van der Waals surface area (Å²) in [5.74, 6) is -1.55. The minimum Gasteiger partial charge on any atom is -0.478 e. The summed E-state index contributed by atoms with van der Waals surface area (Å²) in [6, 6.07) is 4.65. The van der Waals surface area contributed by atoms with Crippen LogP contribution >= 0.6 is 0 Å². The van der Waals surface area contributed by atoms with Crippen molar-refractivity contribution >= 4 is 23.5 Å². The fourth-order valence-corrected chi connectivity index (χ4v) is 1.78. The number of nitrogens with one attached hydrogen (secondary N) is 1. The molecule has 19 heavy (non-hydrogen) atoms. The topological polar surface area (TPSA) is 86.7 Å². The van der Waals surface area contributed by atoms with Gasteiger partial charge < -0.3 is 15.3 Å². The molecule has 0 radical (unpaired) electrons. The number of urea groups is 1. The Morgan fingerprint density at radius 1 is 1.37 bits per heavy atom. The number of aliphatic carboxylic acids is 1. The van der Waals surface area contributed by atoms with Crippen LogP contribution in [-0.4, -0.2) is 34.8 Å². The molecule has 1 aromatic carbocycles. The number of allylic oxidation sites excluding steroid dienone is 1. The van der Waals surface area contributed by atoms with E-state index in [0.29, 0.717) is 17.8 Å². The van der Waals surface area contributed by atoms with Gasteiger partial charge in [0.1, 0.15) is 0 Å². The van der Waals surface area contributed by atoms with Crippen molar-refractivity contribution in [3.63, 3.8) is 0 Å². The Bertz CT molecular complexity index is 592. The van der Waals surface area contributed by atoms with Gasteiger partial charge in [-0.2, -0.15) is 0 Å². The molecule has 2 rings (SSSR count). The van der Waals surface area contributed by atoms with E-state index in [9.17, 15) is 14.4 Å². The van der Waals surface area contributed by atoms with E-state index in [0.717, 1.165) is 17.7 Å². The van der Waals surface area contributed by atoms with Crippen molar-refractivity contribution in [3.8, 4) is 0 Å². The van der Waals surface area contributed by atoms with Crippen molar-refractivity contribution in [3.05, 3.63) is 41.5 Å². The first-order chi connectivity index (χ1) is 8.97. The lowest BCUT2D eigenvalue weighted by atomic mass is 10.0. The zero-order valence-corrected chi connectivity index (χ0v) is 10.2. The molecule has 0 aromatic heterocycles. The van der Waals surface area contributed by atoms with Crippen molar-refractivity contribution in [1.82, 2.24) is 4.90 Å². The highest BCUT2D eigenvalue weighted by atomic mass is 16.4. The van der Waals surface area contributed by atoms with Crippen molar-refractivity contribution in [2.24, 2.45) is 0 Å². The smallest absolute Gasteiger partial charge is 0.328 e. The summed E-state index contributed by atoms with van der Waals surface area (Å²) in [6.07, 6.45) is 1.81. The first-order valence-electron chi connectivity index (χ1n) is 5.58. The van der Waals surface area contributed by atoms with Crippen LogP contribution in [0.2, 0.25) is 0 Å². The summed E-state index contributed by atoms with van der Waals surface area (Å²) in [5.41, 5.74) is 1.87. The summed E-state index contributed by atoms with van der Waals surface area (Å²) in [7, 11) is 1.65. The van der Waals surface area contributed by atoms with Crippen LogP contribution in [-0.2, 0) is 11.3 Å². The Morgan fingerprint density at radius 3 is 2.79 bits per heavy atom. The molecule has 1 aliphatic rings. The zero-order chi connectivity index (χ0) is 14.0. The number of rotatable bonds is 3. The number of hydrogen-bond donors (Lipinski definition) is 2. The predicted octanol–water partition coefficient (Wildman–Crippen LogP) is 1.49. The number of benzene rings is 1. The van der Waals surface area contributed by atoms with Crippen LogP contribution in [0.3, 0.4) is 0 Å². The lowest BCUT2D eigenvalue weighted by Crippen LogP contribution is -2.35. The second-order valence-electron chi connectivity index (χ2n) is 4.19. The van der Waals surface area contributed by atoms with Gasteiger partial charge in [0.25, 0.3) is 0 Å². The third-order valence-corrected chi connectivity index (χ3v) is 2.76. The van der Waals surface area contributed by atoms with Gasteiger partial charge in [-0.25, -0.2) is 9.59 Å². The quantitative estimate of drug-likeness (QED) is 0.636. The highest BCUT2D eigenvalue weighted by Crippen LogP contribution is 2.23. The van der Waals surface area contributed by atoms with Gasteiger partial charge in [-0.1, -0.05) is 0 Å². The Morgan fingerprint density at radius 2 is 2.11 bits per heavy atom. The van der Waals surface area contributed by atoms with E-state index in [2.05, 4.69) is 5.32 Å². The molecule has 0 spiro atoms. The molecule has 0 saturated heterocycles. The third kappa shape index (κ3) is 2.79. The van der Waals surface area contributed by atoms with Gasteiger partial charge in [0.05, 0.1) is 0 Å². The Balaban J connectivity index is 2.26. The van der Waals surface area contributed by atoms with Crippen molar-refractivity contribution in [2.45, 2.75) is 6.54 Å². The van der Waals surface area contributed by atoms with Crippen LogP contribution in [0.5, 0.6) is 0 Å². The molecular formula is C13H12N2O4. The summed E-state index contributed by atoms with van der Waals surface area (Å²) in [5, 5.41) is 11.2. The molecule has 0 saturated carbocycles. The summed E-state index contributed by atoms with van der Waals surface area (Å²) < 4.78 is 0. The molecule has 2 N–H and O–H groups in total. The number of carboxylic acid groups (broad SMARTS) is 1. The first kappa shape index (κ1) is 12.8. The number of ketones is 1. The zero-order valence-electron chi connectivity index (χ0n) is 10.2. The number of anilines is 1. The van der Waals surface area contributed by atoms with Gasteiger partial charge in [-0.05, 0) is 29.8 Å². The molecule has 1 aromatic rings. The van der Waals surface area contributed by atoms with Crippen LogP contribution in [0.15, 0.2) is 30.4 Å². The van der Waals surface area contributed by atoms with Crippen LogP contribution in [0, 0.1) is 0 Å². The average Bonchev–Trinajstić information content (AvgIpc) is 2.36. The fourth-order valence-electron chi connectivity index (χ4n) is 1.78. The summed E-state index contributed by atoms with van der Waals surface area (Å²) in [4.78, 5) is 35.0. The van der Waals surface area contributed by atoms with Crippen molar-refractivity contribution in [2.75, 3.05) is 12.4 Å². The van der Waals surface area contributed by atoms with Crippen LogP contribution in [0.4, 0.5) is 10.5 Å². The molecule has 6 heteroatoms. The molecule has 2 amide bonds. The number of carbonyl (C=O) groups is 3. The van der Waals surface area contributed by atoms with Gasteiger partial charge in [0.2, 0.25) is 0 Å². The Kier molecular flexibility index (Phi) is 3.33. The molecular weight excluding hydrogens is 248 g/mol. The highest BCUT2D eigenvalue weighted by molar-refractivity contribution is 6.07. The van der Waals surface area contributed by atoms with Gasteiger partial charge in [0.15, 0.2) is 5.78 Å². The molecule has 0 fully saturated rings. The monoisotopic (exact) mass is 260 g/mol. The first-order valence-corrected chi connectivity index (χ1v) is 5.58. The third-order valence-electron chi connectivity index (χ3n) is 2.76. The van der Waals surface area contributed by atoms with E-state index in [1.54, 1.807) is 25.2 Å². The van der Waals surface area contributed by atoms with Gasteiger partial charge in [0, 0.05) is 30.9 Å². The predicted molar refractivity (Wildman–Crippen MR) is 68.0 cm³/mol. The van der Waals surface area contributed by atoms with Crippen LogP contribution in [0.25, 0.3) is 0 Å². The van der Waals surface area contributed by atoms with E-state index in [1.807, 2.05) is 0 Å². The number of fused-ring (bicyclic) bond motifs is 1. The molecule has 98 valence electrons. The number of amides is 2. The molecule has 0 aliphatic carbocycles. The van der Waals surface area contributed by atoms with E-state index in [-0.39, 0.29) is 11.8 Å². The maximum atomic E-state index is 11.7. The van der Waals surface area contributed by atoms with Gasteiger partial charge in [-0.3, -0.25) is 4.79 Å².